The Morgan fingerprint density at radius 2 is 1.23 bits per heavy atom. The molecule has 5 rings (SSSR count). The van der Waals surface area contributed by atoms with Crippen molar-refractivity contribution in [2.75, 3.05) is 0 Å². The van der Waals surface area contributed by atoms with E-state index in [0.717, 1.165) is 26.4 Å². The van der Waals surface area contributed by atoms with Crippen LogP contribution in [-0.2, 0) is 19.3 Å². The lowest BCUT2D eigenvalue weighted by Gasteiger charge is -2.17. The first-order chi connectivity index (χ1) is 14.4. The van der Waals surface area contributed by atoms with Gasteiger partial charge >= 0.3 is 6.18 Å². The predicted molar refractivity (Wildman–Crippen MR) is 110 cm³/mol. The first kappa shape index (κ1) is 18.7. The van der Waals surface area contributed by atoms with Gasteiger partial charge in [0.05, 0.1) is 30.2 Å². The van der Waals surface area contributed by atoms with Gasteiger partial charge in [-0.2, -0.15) is 13.2 Å². The fourth-order valence-corrected chi connectivity index (χ4v) is 4.16. The summed E-state index contributed by atoms with van der Waals surface area (Å²) in [5.41, 5.74) is 2.48. The SMILES string of the molecule is OC(Cn1c(C(F)(F)F)nc2ccccc21)Cn1c2ccccc2c2ccccc21. The summed E-state index contributed by atoms with van der Waals surface area (Å²) in [6.45, 7) is -0.0476. The van der Waals surface area contributed by atoms with Crippen molar-refractivity contribution in [1.82, 2.24) is 14.1 Å². The van der Waals surface area contributed by atoms with Gasteiger partial charge in [0.15, 0.2) is 0 Å². The number of para-hydroxylation sites is 4. The number of nitrogens with zero attached hydrogens (tertiary/aromatic N) is 3. The quantitative estimate of drug-likeness (QED) is 0.442. The first-order valence-electron chi connectivity index (χ1n) is 9.60. The van der Waals surface area contributed by atoms with Crippen LogP contribution in [0, 0.1) is 0 Å². The topological polar surface area (TPSA) is 43.0 Å². The molecule has 4 nitrogen and oxygen atoms in total. The summed E-state index contributed by atoms with van der Waals surface area (Å²) >= 11 is 0. The largest absolute Gasteiger partial charge is 0.449 e. The smallest absolute Gasteiger partial charge is 0.389 e. The molecule has 0 bridgehead atoms. The molecular formula is C23H18F3N3O. The molecule has 0 aliphatic rings. The molecular weight excluding hydrogens is 391 g/mol. The van der Waals surface area contributed by atoms with E-state index < -0.39 is 18.1 Å². The van der Waals surface area contributed by atoms with Gasteiger partial charge in [-0.25, -0.2) is 4.98 Å². The number of aliphatic hydroxyl groups is 1. The van der Waals surface area contributed by atoms with E-state index in [4.69, 9.17) is 0 Å². The third kappa shape index (κ3) is 3.02. The van der Waals surface area contributed by atoms with Crippen LogP contribution in [0.1, 0.15) is 5.82 Å². The fraction of sp³-hybridized carbons (Fsp3) is 0.174. The highest BCUT2D eigenvalue weighted by Crippen LogP contribution is 2.32. The Bertz CT molecular complexity index is 1310. The van der Waals surface area contributed by atoms with Crippen LogP contribution < -0.4 is 0 Å². The fourth-order valence-electron chi connectivity index (χ4n) is 4.16. The summed E-state index contributed by atoms with van der Waals surface area (Å²) in [6.07, 6.45) is -5.64. The summed E-state index contributed by atoms with van der Waals surface area (Å²) in [7, 11) is 0. The number of fused-ring (bicyclic) bond motifs is 4. The standard InChI is InChI=1S/C23H18F3N3O/c24-23(25,26)22-27-18-9-3-6-12-21(18)29(22)14-15(30)13-28-19-10-4-1-7-16(19)17-8-2-5-11-20(17)28/h1-12,15,30H,13-14H2. The highest BCUT2D eigenvalue weighted by molar-refractivity contribution is 6.07. The molecule has 1 atom stereocenters. The number of alkyl halides is 3. The zero-order valence-electron chi connectivity index (χ0n) is 15.8. The predicted octanol–water partition coefficient (Wildman–Crippen LogP) is 5.22. The maximum Gasteiger partial charge on any atom is 0.449 e. The van der Waals surface area contributed by atoms with Crippen molar-refractivity contribution in [2.24, 2.45) is 0 Å². The molecule has 0 aliphatic carbocycles. The monoisotopic (exact) mass is 409 g/mol. The van der Waals surface area contributed by atoms with E-state index in [1.807, 2.05) is 53.1 Å². The molecule has 2 aromatic heterocycles. The molecule has 30 heavy (non-hydrogen) atoms. The van der Waals surface area contributed by atoms with Gasteiger partial charge in [-0.15, -0.1) is 0 Å². The molecule has 0 saturated carbocycles. The maximum absolute atomic E-state index is 13.6. The molecule has 152 valence electrons. The third-order valence-electron chi connectivity index (χ3n) is 5.37. The van der Waals surface area contributed by atoms with E-state index in [9.17, 15) is 18.3 Å². The van der Waals surface area contributed by atoms with Crippen molar-refractivity contribution in [2.45, 2.75) is 25.4 Å². The van der Waals surface area contributed by atoms with Crippen LogP contribution in [0.3, 0.4) is 0 Å². The average Bonchev–Trinajstić information content (AvgIpc) is 3.25. The molecule has 2 heterocycles. The van der Waals surface area contributed by atoms with Crippen molar-refractivity contribution in [3.8, 4) is 0 Å². The molecule has 0 amide bonds. The summed E-state index contributed by atoms with van der Waals surface area (Å²) in [5, 5.41) is 12.9. The van der Waals surface area contributed by atoms with Gasteiger partial charge < -0.3 is 14.2 Å². The van der Waals surface area contributed by atoms with Crippen molar-refractivity contribution >= 4 is 32.8 Å². The Balaban J connectivity index is 1.56. The van der Waals surface area contributed by atoms with Gasteiger partial charge in [-0.3, -0.25) is 0 Å². The van der Waals surface area contributed by atoms with E-state index >= 15 is 0 Å². The lowest BCUT2D eigenvalue weighted by atomic mass is 10.2. The second-order valence-electron chi connectivity index (χ2n) is 7.33. The summed E-state index contributed by atoms with van der Waals surface area (Å²) < 4.78 is 43.7. The van der Waals surface area contributed by atoms with Crippen LogP contribution >= 0.6 is 0 Å². The Kier molecular flexibility index (Phi) is 4.29. The molecule has 0 saturated heterocycles. The van der Waals surface area contributed by atoms with Crippen molar-refractivity contribution in [1.29, 1.82) is 0 Å². The minimum atomic E-state index is -4.61. The van der Waals surface area contributed by atoms with E-state index in [1.165, 1.54) is 0 Å². The Morgan fingerprint density at radius 1 is 0.733 bits per heavy atom. The van der Waals surface area contributed by atoms with Gasteiger partial charge in [0.25, 0.3) is 0 Å². The maximum atomic E-state index is 13.6. The molecule has 0 radical (unpaired) electrons. The van der Waals surface area contributed by atoms with E-state index in [0.29, 0.717) is 5.52 Å². The van der Waals surface area contributed by atoms with Crippen LogP contribution in [0.25, 0.3) is 32.8 Å². The Hall–Kier alpha value is -3.32. The minimum Gasteiger partial charge on any atom is -0.389 e. The number of halogens is 3. The third-order valence-corrected chi connectivity index (χ3v) is 5.37. The number of imidazole rings is 1. The van der Waals surface area contributed by atoms with Gasteiger partial charge in [-0.05, 0) is 24.3 Å². The second-order valence-corrected chi connectivity index (χ2v) is 7.33. The summed E-state index contributed by atoms with van der Waals surface area (Å²) in [5.74, 6) is -0.995. The lowest BCUT2D eigenvalue weighted by molar-refractivity contribution is -0.147. The van der Waals surface area contributed by atoms with Crippen molar-refractivity contribution in [3.63, 3.8) is 0 Å². The van der Waals surface area contributed by atoms with E-state index in [1.54, 1.807) is 24.3 Å². The summed E-state index contributed by atoms with van der Waals surface area (Å²) in [4.78, 5) is 3.75. The van der Waals surface area contributed by atoms with Crippen LogP contribution in [0.2, 0.25) is 0 Å². The first-order valence-corrected chi connectivity index (χ1v) is 9.60. The van der Waals surface area contributed by atoms with Crippen LogP contribution in [0.15, 0.2) is 72.8 Å². The van der Waals surface area contributed by atoms with E-state index in [-0.39, 0.29) is 18.6 Å². The normalized spacial score (nSPS) is 13.5. The molecule has 5 aromatic rings. The van der Waals surface area contributed by atoms with E-state index in [2.05, 4.69) is 4.98 Å². The van der Waals surface area contributed by atoms with Crippen molar-refractivity contribution < 1.29 is 18.3 Å². The van der Waals surface area contributed by atoms with Crippen LogP contribution in [0.4, 0.5) is 13.2 Å². The molecule has 1 N–H and O–H groups in total. The second kappa shape index (κ2) is 6.88. The van der Waals surface area contributed by atoms with Gasteiger partial charge in [0.1, 0.15) is 0 Å². The minimum absolute atomic E-state index is 0.165. The molecule has 0 fully saturated rings. The highest BCUT2D eigenvalue weighted by Gasteiger charge is 2.38. The lowest BCUT2D eigenvalue weighted by Crippen LogP contribution is -2.25. The molecule has 7 heteroatoms. The molecule has 0 aliphatic heterocycles. The van der Waals surface area contributed by atoms with Crippen LogP contribution in [0.5, 0.6) is 0 Å². The number of aromatic nitrogens is 3. The number of aliphatic hydroxyl groups excluding tert-OH is 1. The molecule has 1 unspecified atom stereocenters. The summed E-state index contributed by atoms with van der Waals surface area (Å²) in [6, 6.07) is 22.1. The zero-order chi connectivity index (χ0) is 20.9. The number of hydrogen-bond acceptors (Lipinski definition) is 2. The Morgan fingerprint density at radius 3 is 1.83 bits per heavy atom. The van der Waals surface area contributed by atoms with Crippen LogP contribution in [-0.4, -0.2) is 25.3 Å². The Labute approximate surface area is 169 Å². The zero-order valence-corrected chi connectivity index (χ0v) is 15.8. The number of benzene rings is 3. The molecule has 3 aromatic carbocycles. The van der Waals surface area contributed by atoms with Gasteiger partial charge in [0, 0.05) is 21.8 Å². The number of hydrogen-bond donors (Lipinski definition) is 1. The van der Waals surface area contributed by atoms with Crippen molar-refractivity contribution in [3.05, 3.63) is 78.6 Å². The average molecular weight is 409 g/mol. The molecule has 0 spiro atoms. The number of rotatable bonds is 4. The van der Waals surface area contributed by atoms with Gasteiger partial charge in [0.2, 0.25) is 5.82 Å². The highest BCUT2D eigenvalue weighted by atomic mass is 19.4. The van der Waals surface area contributed by atoms with Gasteiger partial charge in [-0.1, -0.05) is 48.5 Å².